The minimum atomic E-state index is 0.504. The Hall–Kier alpha value is -1.90. The van der Waals surface area contributed by atoms with Gasteiger partial charge in [-0.3, -0.25) is 0 Å². The number of nitrogens with zero attached hydrogens (tertiary/aromatic N) is 2. The number of anilines is 1. The lowest BCUT2D eigenvalue weighted by Gasteiger charge is -2.07. The maximum absolute atomic E-state index is 5.66. The second kappa shape index (κ2) is 4.95. The summed E-state index contributed by atoms with van der Waals surface area (Å²) in [6, 6.07) is 10.2. The molecule has 0 aliphatic carbocycles. The van der Waals surface area contributed by atoms with Gasteiger partial charge in [0.2, 0.25) is 0 Å². The normalized spacial score (nSPS) is 10.8. The highest BCUT2D eigenvalue weighted by Gasteiger charge is 2.03. The van der Waals surface area contributed by atoms with Crippen LogP contribution >= 0.6 is 0 Å². The number of nitrogen functional groups attached to an aromatic ring is 1. The van der Waals surface area contributed by atoms with E-state index in [1.165, 1.54) is 11.9 Å². The van der Waals surface area contributed by atoms with Crippen LogP contribution in [0.3, 0.4) is 0 Å². The molecule has 3 nitrogen and oxygen atoms in total. The summed E-state index contributed by atoms with van der Waals surface area (Å²) < 4.78 is 0. The average molecular weight is 227 g/mol. The molecule has 2 N–H and O–H groups in total. The van der Waals surface area contributed by atoms with Crippen LogP contribution in [-0.4, -0.2) is 9.97 Å². The van der Waals surface area contributed by atoms with E-state index in [-0.39, 0.29) is 0 Å². The third kappa shape index (κ3) is 3.03. The number of rotatable bonds is 3. The lowest BCUT2D eigenvalue weighted by Crippen LogP contribution is -1.95. The van der Waals surface area contributed by atoms with E-state index in [1.54, 1.807) is 6.07 Å². The first-order valence-corrected chi connectivity index (χ1v) is 5.82. The van der Waals surface area contributed by atoms with Gasteiger partial charge in [0.15, 0.2) is 0 Å². The molecular weight excluding hydrogens is 210 g/mol. The Morgan fingerprint density at radius 3 is 2.71 bits per heavy atom. The second-order valence-electron chi connectivity index (χ2n) is 4.63. The molecule has 1 aromatic heterocycles. The molecule has 0 unspecified atom stereocenters. The van der Waals surface area contributed by atoms with Crippen molar-refractivity contribution in [2.75, 3.05) is 5.73 Å². The van der Waals surface area contributed by atoms with Gasteiger partial charge in [0.05, 0.1) is 5.69 Å². The van der Waals surface area contributed by atoms with Crippen molar-refractivity contribution in [1.29, 1.82) is 0 Å². The monoisotopic (exact) mass is 227 g/mol. The first-order valence-electron chi connectivity index (χ1n) is 5.82. The fourth-order valence-corrected chi connectivity index (χ4v) is 1.86. The molecule has 0 aliphatic heterocycles. The van der Waals surface area contributed by atoms with Gasteiger partial charge in [0.1, 0.15) is 12.1 Å². The molecule has 0 fully saturated rings. The van der Waals surface area contributed by atoms with E-state index in [4.69, 9.17) is 5.73 Å². The van der Waals surface area contributed by atoms with Crippen LogP contribution in [0, 0.1) is 5.92 Å². The summed E-state index contributed by atoms with van der Waals surface area (Å²) in [7, 11) is 0. The van der Waals surface area contributed by atoms with E-state index in [0.29, 0.717) is 11.7 Å². The number of aromatic nitrogens is 2. The van der Waals surface area contributed by atoms with Crippen LogP contribution in [0.25, 0.3) is 11.3 Å². The topological polar surface area (TPSA) is 51.8 Å². The van der Waals surface area contributed by atoms with E-state index in [1.807, 2.05) is 6.07 Å². The highest BCUT2D eigenvalue weighted by atomic mass is 14.9. The molecule has 0 saturated carbocycles. The average Bonchev–Trinajstić information content (AvgIpc) is 2.28. The molecule has 3 heteroatoms. The Balaban J connectivity index is 2.33. The van der Waals surface area contributed by atoms with Gasteiger partial charge in [0.25, 0.3) is 0 Å². The summed E-state index contributed by atoms with van der Waals surface area (Å²) >= 11 is 0. The Bertz CT molecular complexity index is 506. The lowest BCUT2D eigenvalue weighted by atomic mass is 10.00. The molecule has 88 valence electrons. The molecule has 0 aliphatic rings. The molecule has 17 heavy (non-hydrogen) atoms. The molecule has 2 aromatic rings. The predicted octanol–water partition coefficient (Wildman–Crippen LogP) is 2.92. The molecule has 0 saturated heterocycles. The van der Waals surface area contributed by atoms with E-state index < -0.39 is 0 Å². The van der Waals surface area contributed by atoms with Crippen molar-refractivity contribution in [3.05, 3.63) is 42.2 Å². The van der Waals surface area contributed by atoms with E-state index in [0.717, 1.165) is 17.7 Å². The lowest BCUT2D eigenvalue weighted by molar-refractivity contribution is 0.647. The van der Waals surface area contributed by atoms with E-state index in [9.17, 15) is 0 Å². The Kier molecular flexibility index (Phi) is 3.38. The standard InChI is InChI=1S/C14H17N3/c1-10(2)6-11-4-3-5-12(7-11)13-8-14(15)17-9-16-13/h3-5,7-10H,6H2,1-2H3,(H2,15,16,17). The van der Waals surface area contributed by atoms with Crippen molar-refractivity contribution < 1.29 is 0 Å². The second-order valence-corrected chi connectivity index (χ2v) is 4.63. The zero-order chi connectivity index (χ0) is 12.3. The summed E-state index contributed by atoms with van der Waals surface area (Å²) in [6.07, 6.45) is 2.58. The van der Waals surface area contributed by atoms with Crippen LogP contribution in [0.2, 0.25) is 0 Å². The van der Waals surface area contributed by atoms with Gasteiger partial charge in [-0.1, -0.05) is 32.0 Å². The van der Waals surface area contributed by atoms with Gasteiger partial charge >= 0.3 is 0 Å². The van der Waals surface area contributed by atoms with Crippen LogP contribution in [0.1, 0.15) is 19.4 Å². The first kappa shape index (κ1) is 11.6. The van der Waals surface area contributed by atoms with Crippen molar-refractivity contribution in [3.63, 3.8) is 0 Å². The van der Waals surface area contributed by atoms with Crippen LogP contribution in [0.5, 0.6) is 0 Å². The number of hydrogen-bond donors (Lipinski definition) is 1. The van der Waals surface area contributed by atoms with Crippen LogP contribution in [-0.2, 0) is 6.42 Å². The maximum Gasteiger partial charge on any atom is 0.127 e. The summed E-state index contributed by atoms with van der Waals surface area (Å²) in [5.74, 6) is 1.16. The number of nitrogens with two attached hydrogens (primary N) is 1. The zero-order valence-electron chi connectivity index (χ0n) is 10.2. The number of hydrogen-bond acceptors (Lipinski definition) is 3. The number of benzene rings is 1. The molecular formula is C14H17N3. The molecule has 2 rings (SSSR count). The minimum absolute atomic E-state index is 0.504. The summed E-state index contributed by atoms with van der Waals surface area (Å²) in [6.45, 7) is 4.44. The fourth-order valence-electron chi connectivity index (χ4n) is 1.86. The third-order valence-corrected chi connectivity index (χ3v) is 2.55. The van der Waals surface area contributed by atoms with Crippen molar-refractivity contribution >= 4 is 5.82 Å². The largest absolute Gasteiger partial charge is 0.384 e. The Labute approximate surface area is 102 Å². The maximum atomic E-state index is 5.66. The van der Waals surface area contributed by atoms with Crippen molar-refractivity contribution in [3.8, 4) is 11.3 Å². The van der Waals surface area contributed by atoms with Crippen LogP contribution in [0.4, 0.5) is 5.82 Å². The Morgan fingerprint density at radius 2 is 2.00 bits per heavy atom. The van der Waals surface area contributed by atoms with Gasteiger partial charge in [-0.15, -0.1) is 0 Å². The highest BCUT2D eigenvalue weighted by Crippen LogP contribution is 2.20. The summed E-state index contributed by atoms with van der Waals surface area (Å²) in [5, 5.41) is 0. The SMILES string of the molecule is CC(C)Cc1cccc(-c2cc(N)ncn2)c1. The fraction of sp³-hybridized carbons (Fsp3) is 0.286. The molecule has 0 spiro atoms. The van der Waals surface area contributed by atoms with Gasteiger partial charge < -0.3 is 5.73 Å². The summed E-state index contributed by atoms with van der Waals surface area (Å²) in [5.41, 5.74) is 8.96. The van der Waals surface area contributed by atoms with Gasteiger partial charge in [-0.25, -0.2) is 9.97 Å². The Morgan fingerprint density at radius 1 is 1.18 bits per heavy atom. The molecule has 0 atom stereocenters. The highest BCUT2D eigenvalue weighted by molar-refractivity contribution is 5.62. The predicted molar refractivity (Wildman–Crippen MR) is 70.4 cm³/mol. The third-order valence-electron chi connectivity index (χ3n) is 2.55. The molecule has 0 amide bonds. The van der Waals surface area contributed by atoms with E-state index in [2.05, 4.69) is 42.0 Å². The van der Waals surface area contributed by atoms with Crippen LogP contribution < -0.4 is 5.73 Å². The van der Waals surface area contributed by atoms with E-state index >= 15 is 0 Å². The molecule has 1 heterocycles. The quantitative estimate of drug-likeness (QED) is 0.877. The minimum Gasteiger partial charge on any atom is -0.384 e. The smallest absolute Gasteiger partial charge is 0.127 e. The molecule has 0 radical (unpaired) electrons. The summed E-state index contributed by atoms with van der Waals surface area (Å²) in [4.78, 5) is 8.14. The first-order chi connectivity index (χ1) is 8.15. The van der Waals surface area contributed by atoms with Crippen molar-refractivity contribution in [1.82, 2.24) is 9.97 Å². The van der Waals surface area contributed by atoms with Crippen molar-refractivity contribution in [2.45, 2.75) is 20.3 Å². The van der Waals surface area contributed by atoms with Gasteiger partial charge in [0, 0.05) is 11.6 Å². The van der Waals surface area contributed by atoms with Crippen LogP contribution in [0.15, 0.2) is 36.7 Å². The van der Waals surface area contributed by atoms with Crippen molar-refractivity contribution in [2.24, 2.45) is 5.92 Å². The molecule has 0 bridgehead atoms. The van der Waals surface area contributed by atoms with Gasteiger partial charge in [-0.05, 0) is 24.0 Å². The molecule has 1 aromatic carbocycles. The zero-order valence-corrected chi connectivity index (χ0v) is 10.2. The van der Waals surface area contributed by atoms with Gasteiger partial charge in [-0.2, -0.15) is 0 Å².